The molecule has 0 radical (unpaired) electrons. The van der Waals surface area contributed by atoms with E-state index in [-0.39, 0.29) is 5.92 Å². The number of hydrogen-bond donors (Lipinski definition) is 0. The zero-order valence-electron chi connectivity index (χ0n) is 6.80. The Morgan fingerprint density at radius 1 is 1.31 bits per heavy atom. The molecule has 1 saturated carbocycles. The van der Waals surface area contributed by atoms with Crippen LogP contribution in [0.15, 0.2) is 24.3 Å². The molecular weight excluding hydrogens is 205 g/mol. The van der Waals surface area contributed by atoms with E-state index in [4.69, 9.17) is 28.5 Å². The summed E-state index contributed by atoms with van der Waals surface area (Å²) in [6, 6.07) is 9.47. The second kappa shape index (κ2) is 2.90. The number of alkyl halides is 2. The van der Waals surface area contributed by atoms with Crippen LogP contribution in [0.25, 0.3) is 0 Å². The Balaban J connectivity index is 2.22. The third kappa shape index (κ3) is 1.65. The fraction of sp³-hybridized carbons (Fsp3) is 0.300. The molecule has 66 valence electrons. The van der Waals surface area contributed by atoms with Crippen LogP contribution in [0.2, 0.25) is 0 Å². The lowest BCUT2D eigenvalue weighted by Crippen LogP contribution is -1.89. The van der Waals surface area contributed by atoms with Crippen molar-refractivity contribution in [2.75, 3.05) is 0 Å². The molecule has 3 heteroatoms. The second-order valence-electron chi connectivity index (χ2n) is 3.25. The first-order valence-electron chi connectivity index (χ1n) is 4.01. The Labute approximate surface area is 86.9 Å². The first kappa shape index (κ1) is 8.87. The lowest BCUT2D eigenvalue weighted by atomic mass is 10.1. The van der Waals surface area contributed by atoms with Gasteiger partial charge in [0.15, 0.2) is 0 Å². The molecule has 1 unspecified atom stereocenters. The molecule has 13 heavy (non-hydrogen) atoms. The summed E-state index contributed by atoms with van der Waals surface area (Å²) in [4.78, 5) is 0. The van der Waals surface area contributed by atoms with E-state index in [0.29, 0.717) is 5.56 Å². The van der Waals surface area contributed by atoms with Crippen molar-refractivity contribution in [2.24, 2.45) is 0 Å². The van der Waals surface area contributed by atoms with E-state index < -0.39 is 4.33 Å². The summed E-state index contributed by atoms with van der Waals surface area (Å²) in [5, 5.41) is 8.58. The maximum absolute atomic E-state index is 8.58. The first-order chi connectivity index (χ1) is 6.13. The van der Waals surface area contributed by atoms with Gasteiger partial charge in [0.2, 0.25) is 0 Å². The van der Waals surface area contributed by atoms with E-state index in [9.17, 15) is 0 Å². The van der Waals surface area contributed by atoms with Gasteiger partial charge in [0.1, 0.15) is 4.33 Å². The molecule has 0 aromatic heterocycles. The van der Waals surface area contributed by atoms with Crippen molar-refractivity contribution in [3.8, 4) is 6.07 Å². The molecule has 1 aliphatic rings. The summed E-state index contributed by atoms with van der Waals surface area (Å²) < 4.78 is -0.575. The van der Waals surface area contributed by atoms with Gasteiger partial charge in [-0.15, -0.1) is 23.2 Å². The van der Waals surface area contributed by atoms with Crippen LogP contribution >= 0.6 is 23.2 Å². The van der Waals surface area contributed by atoms with Crippen LogP contribution in [0.3, 0.4) is 0 Å². The van der Waals surface area contributed by atoms with Crippen molar-refractivity contribution in [1.82, 2.24) is 0 Å². The number of benzene rings is 1. The van der Waals surface area contributed by atoms with Crippen LogP contribution in [0.1, 0.15) is 23.5 Å². The molecule has 0 amide bonds. The second-order valence-corrected chi connectivity index (χ2v) is 4.79. The fourth-order valence-corrected chi connectivity index (χ4v) is 1.93. The van der Waals surface area contributed by atoms with Gasteiger partial charge < -0.3 is 0 Å². The number of halogens is 2. The quantitative estimate of drug-likeness (QED) is 0.655. The molecule has 1 aliphatic carbocycles. The maximum Gasteiger partial charge on any atom is 0.125 e. The monoisotopic (exact) mass is 211 g/mol. The molecule has 0 bridgehead atoms. The summed E-state index contributed by atoms with van der Waals surface area (Å²) in [7, 11) is 0. The topological polar surface area (TPSA) is 23.8 Å². The van der Waals surface area contributed by atoms with Crippen LogP contribution in [0, 0.1) is 11.3 Å². The standard InChI is InChI=1S/C10H7Cl2N/c11-10(12)5-9(10)8-3-1-7(6-13)2-4-8/h1-4,9H,5H2. The Morgan fingerprint density at radius 2 is 1.85 bits per heavy atom. The molecule has 1 nitrogen and oxygen atoms in total. The Bertz CT molecular complexity index is 362. The molecule has 0 saturated heterocycles. The lowest BCUT2D eigenvalue weighted by Gasteiger charge is -1.99. The van der Waals surface area contributed by atoms with Crippen LogP contribution in [-0.4, -0.2) is 4.33 Å². The smallest absolute Gasteiger partial charge is 0.125 e. The molecule has 0 aliphatic heterocycles. The van der Waals surface area contributed by atoms with Gasteiger partial charge in [0.25, 0.3) is 0 Å². The average Bonchev–Trinajstić information content (AvgIpc) is 2.76. The van der Waals surface area contributed by atoms with Crippen LogP contribution in [0.5, 0.6) is 0 Å². The minimum Gasteiger partial charge on any atom is -0.192 e. The van der Waals surface area contributed by atoms with Crippen molar-refractivity contribution in [1.29, 1.82) is 5.26 Å². The zero-order valence-corrected chi connectivity index (χ0v) is 8.31. The molecular formula is C10H7Cl2N. The van der Waals surface area contributed by atoms with Gasteiger partial charge in [-0.25, -0.2) is 0 Å². The largest absolute Gasteiger partial charge is 0.192 e. The van der Waals surface area contributed by atoms with Gasteiger partial charge in [-0.05, 0) is 24.1 Å². The molecule has 2 rings (SSSR count). The van der Waals surface area contributed by atoms with E-state index >= 15 is 0 Å². The fourth-order valence-electron chi connectivity index (χ4n) is 1.36. The van der Waals surface area contributed by atoms with Crippen molar-refractivity contribution in [3.63, 3.8) is 0 Å². The highest BCUT2D eigenvalue weighted by Crippen LogP contribution is 2.59. The van der Waals surface area contributed by atoms with Crippen LogP contribution in [-0.2, 0) is 0 Å². The van der Waals surface area contributed by atoms with Crippen molar-refractivity contribution < 1.29 is 0 Å². The zero-order chi connectivity index (χ0) is 9.47. The highest BCUT2D eigenvalue weighted by molar-refractivity contribution is 6.51. The highest BCUT2D eigenvalue weighted by Gasteiger charge is 2.52. The molecule has 1 fully saturated rings. The predicted molar refractivity (Wildman–Crippen MR) is 53.0 cm³/mol. The highest BCUT2D eigenvalue weighted by atomic mass is 35.5. The van der Waals surface area contributed by atoms with Gasteiger partial charge in [-0.1, -0.05) is 12.1 Å². The molecule has 0 spiro atoms. The molecule has 1 aromatic carbocycles. The number of nitriles is 1. The van der Waals surface area contributed by atoms with E-state index in [0.717, 1.165) is 12.0 Å². The van der Waals surface area contributed by atoms with Crippen molar-refractivity contribution >= 4 is 23.2 Å². The van der Waals surface area contributed by atoms with E-state index in [1.165, 1.54) is 0 Å². The molecule has 1 atom stereocenters. The normalized spacial score (nSPS) is 23.6. The van der Waals surface area contributed by atoms with E-state index in [1.54, 1.807) is 12.1 Å². The Morgan fingerprint density at radius 3 is 2.23 bits per heavy atom. The number of hydrogen-bond acceptors (Lipinski definition) is 1. The molecule has 1 aromatic rings. The van der Waals surface area contributed by atoms with Crippen LogP contribution in [0.4, 0.5) is 0 Å². The average molecular weight is 212 g/mol. The van der Waals surface area contributed by atoms with Gasteiger partial charge in [0.05, 0.1) is 11.6 Å². The Kier molecular flexibility index (Phi) is 1.98. The molecule has 0 heterocycles. The number of rotatable bonds is 1. The summed E-state index contributed by atoms with van der Waals surface area (Å²) in [6.07, 6.45) is 0.808. The van der Waals surface area contributed by atoms with E-state index in [2.05, 4.69) is 6.07 Å². The Hall–Kier alpha value is -0.710. The van der Waals surface area contributed by atoms with Gasteiger partial charge in [-0.3, -0.25) is 0 Å². The van der Waals surface area contributed by atoms with Gasteiger partial charge in [0, 0.05) is 5.92 Å². The summed E-state index contributed by atoms with van der Waals surface area (Å²) in [5.41, 5.74) is 1.78. The lowest BCUT2D eigenvalue weighted by molar-refractivity contribution is 1.10. The first-order valence-corrected chi connectivity index (χ1v) is 4.77. The molecule has 0 N–H and O–H groups in total. The maximum atomic E-state index is 8.58. The van der Waals surface area contributed by atoms with Gasteiger partial charge in [-0.2, -0.15) is 5.26 Å². The predicted octanol–water partition coefficient (Wildman–Crippen LogP) is 3.22. The van der Waals surface area contributed by atoms with E-state index in [1.807, 2.05) is 12.1 Å². The summed E-state index contributed by atoms with van der Waals surface area (Å²) in [6.45, 7) is 0. The summed E-state index contributed by atoms with van der Waals surface area (Å²) in [5.74, 6) is 0.239. The third-order valence-electron chi connectivity index (χ3n) is 2.27. The summed E-state index contributed by atoms with van der Waals surface area (Å²) >= 11 is 11.8. The third-order valence-corrected chi connectivity index (χ3v) is 3.10. The number of nitrogens with zero attached hydrogens (tertiary/aromatic N) is 1. The minimum atomic E-state index is -0.575. The minimum absolute atomic E-state index is 0.239. The van der Waals surface area contributed by atoms with Crippen molar-refractivity contribution in [3.05, 3.63) is 35.4 Å². The van der Waals surface area contributed by atoms with Crippen molar-refractivity contribution in [2.45, 2.75) is 16.7 Å². The van der Waals surface area contributed by atoms with Crippen LogP contribution < -0.4 is 0 Å². The van der Waals surface area contributed by atoms with Gasteiger partial charge >= 0.3 is 0 Å². The SMILES string of the molecule is N#Cc1ccc(C2CC2(Cl)Cl)cc1.